The molecule has 0 saturated carbocycles. The molecular formula is C12H22N4O2S. The molecule has 108 valence electrons. The molecule has 0 aliphatic rings. The summed E-state index contributed by atoms with van der Waals surface area (Å²) in [7, 11) is -3.48. The highest BCUT2D eigenvalue weighted by Gasteiger charge is 2.24. The number of rotatable bonds is 7. The van der Waals surface area contributed by atoms with Crippen LogP contribution >= 0.6 is 0 Å². The maximum absolute atomic E-state index is 12.4. The molecule has 0 bridgehead atoms. The van der Waals surface area contributed by atoms with Crippen molar-refractivity contribution in [3.8, 4) is 0 Å². The van der Waals surface area contributed by atoms with Gasteiger partial charge in [0.05, 0.1) is 0 Å². The van der Waals surface area contributed by atoms with Crippen LogP contribution in [-0.2, 0) is 10.0 Å². The molecule has 19 heavy (non-hydrogen) atoms. The van der Waals surface area contributed by atoms with Gasteiger partial charge in [0.15, 0.2) is 0 Å². The van der Waals surface area contributed by atoms with E-state index in [2.05, 4.69) is 10.4 Å². The first kappa shape index (κ1) is 15.9. The molecule has 1 heterocycles. The highest BCUT2D eigenvalue weighted by molar-refractivity contribution is 7.89. The van der Waals surface area contributed by atoms with E-state index in [1.165, 1.54) is 16.6 Å². The molecular weight excluding hydrogens is 264 g/mol. The van der Waals surface area contributed by atoms with Crippen molar-refractivity contribution in [1.29, 1.82) is 0 Å². The first-order chi connectivity index (χ1) is 8.95. The quantitative estimate of drug-likeness (QED) is 0.584. The summed E-state index contributed by atoms with van der Waals surface area (Å²) < 4.78 is 26.4. The predicted octanol–water partition coefficient (Wildman–Crippen LogP) is 1.42. The van der Waals surface area contributed by atoms with Crippen molar-refractivity contribution in [2.45, 2.75) is 32.1 Å². The molecule has 0 radical (unpaired) electrons. The van der Waals surface area contributed by atoms with Crippen molar-refractivity contribution in [3.63, 3.8) is 0 Å². The smallest absolute Gasteiger partial charge is 0.244 e. The van der Waals surface area contributed by atoms with E-state index in [0.717, 1.165) is 6.42 Å². The molecule has 1 aromatic rings. The second-order valence-corrected chi connectivity index (χ2v) is 6.43. The molecule has 0 saturated heterocycles. The number of sulfonamides is 1. The average Bonchev–Trinajstić information content (AvgIpc) is 2.44. The van der Waals surface area contributed by atoms with Crippen LogP contribution in [0, 0.1) is 5.92 Å². The van der Waals surface area contributed by atoms with Crippen LogP contribution in [0.3, 0.4) is 0 Å². The fourth-order valence-corrected chi connectivity index (χ4v) is 3.16. The maximum atomic E-state index is 12.4. The minimum absolute atomic E-state index is 0.191. The fraction of sp³-hybridized carbons (Fsp3) is 0.583. The van der Waals surface area contributed by atoms with Gasteiger partial charge in [0.1, 0.15) is 10.7 Å². The van der Waals surface area contributed by atoms with Crippen LogP contribution in [0.4, 0.5) is 5.82 Å². The monoisotopic (exact) mass is 286 g/mol. The number of nitrogens with one attached hydrogen (secondary N) is 1. The van der Waals surface area contributed by atoms with E-state index in [-0.39, 0.29) is 4.90 Å². The second-order valence-electron chi connectivity index (χ2n) is 4.49. The average molecular weight is 286 g/mol. The van der Waals surface area contributed by atoms with Crippen LogP contribution in [-0.4, -0.2) is 30.8 Å². The lowest BCUT2D eigenvalue weighted by atomic mass is 10.1. The minimum atomic E-state index is -3.48. The molecule has 0 aliphatic heterocycles. The molecule has 1 unspecified atom stereocenters. The standard InChI is InChI=1S/C12H22N4O2S/c1-4-10(3)9-16(5-2)19(17,18)11-6-7-12(15-13)14-8-11/h6-8,10H,4-5,9,13H2,1-3H3,(H,14,15). The summed E-state index contributed by atoms with van der Waals surface area (Å²) in [6.45, 7) is 6.89. The zero-order valence-corrected chi connectivity index (χ0v) is 12.4. The molecule has 0 spiro atoms. The normalized spacial score (nSPS) is 13.5. The van der Waals surface area contributed by atoms with E-state index in [9.17, 15) is 8.42 Å². The molecule has 6 nitrogen and oxygen atoms in total. The third-order valence-corrected chi connectivity index (χ3v) is 5.01. The van der Waals surface area contributed by atoms with Crippen molar-refractivity contribution in [2.75, 3.05) is 18.5 Å². The van der Waals surface area contributed by atoms with Crippen molar-refractivity contribution >= 4 is 15.8 Å². The molecule has 3 N–H and O–H groups in total. The molecule has 1 atom stereocenters. The van der Waals surface area contributed by atoms with Crippen molar-refractivity contribution in [3.05, 3.63) is 18.3 Å². The van der Waals surface area contributed by atoms with Crippen LogP contribution in [0.5, 0.6) is 0 Å². The summed E-state index contributed by atoms with van der Waals surface area (Å²) >= 11 is 0. The zero-order chi connectivity index (χ0) is 14.5. The fourth-order valence-electron chi connectivity index (χ4n) is 1.64. The molecule has 1 aromatic heterocycles. The third-order valence-electron chi connectivity index (χ3n) is 3.09. The number of nitrogens with zero attached hydrogens (tertiary/aromatic N) is 2. The molecule has 1 rings (SSSR count). The summed E-state index contributed by atoms with van der Waals surface area (Å²) in [4.78, 5) is 4.13. The van der Waals surface area contributed by atoms with Crippen LogP contribution in [0.25, 0.3) is 0 Å². The Morgan fingerprint density at radius 2 is 2.11 bits per heavy atom. The Hall–Kier alpha value is -1.18. The largest absolute Gasteiger partial charge is 0.308 e. The molecule has 0 fully saturated rings. The lowest BCUT2D eigenvalue weighted by molar-refractivity contribution is 0.361. The Bertz CT molecular complexity index is 487. The second kappa shape index (κ2) is 6.83. The van der Waals surface area contributed by atoms with Crippen molar-refractivity contribution in [1.82, 2.24) is 9.29 Å². The number of pyridine rings is 1. The van der Waals surface area contributed by atoms with Gasteiger partial charge in [-0.25, -0.2) is 19.2 Å². The van der Waals surface area contributed by atoms with E-state index in [4.69, 9.17) is 5.84 Å². The Morgan fingerprint density at radius 1 is 1.42 bits per heavy atom. The first-order valence-electron chi connectivity index (χ1n) is 6.38. The van der Waals surface area contributed by atoms with Gasteiger partial charge < -0.3 is 5.43 Å². The number of aromatic nitrogens is 1. The van der Waals surface area contributed by atoms with Crippen LogP contribution < -0.4 is 11.3 Å². The Labute approximate surface area is 115 Å². The highest BCUT2D eigenvalue weighted by atomic mass is 32.2. The van der Waals surface area contributed by atoms with Crippen molar-refractivity contribution in [2.24, 2.45) is 11.8 Å². The van der Waals surface area contributed by atoms with Gasteiger partial charge in [-0.1, -0.05) is 27.2 Å². The highest BCUT2D eigenvalue weighted by Crippen LogP contribution is 2.18. The van der Waals surface area contributed by atoms with E-state index in [1.807, 2.05) is 20.8 Å². The summed E-state index contributed by atoms with van der Waals surface area (Å²) in [6, 6.07) is 3.06. The van der Waals surface area contributed by atoms with Crippen molar-refractivity contribution < 1.29 is 8.42 Å². The topological polar surface area (TPSA) is 88.3 Å². The summed E-state index contributed by atoms with van der Waals surface area (Å²) in [6.07, 6.45) is 2.27. The number of hydrogen-bond acceptors (Lipinski definition) is 5. The van der Waals surface area contributed by atoms with Crippen LogP contribution in [0.1, 0.15) is 27.2 Å². The number of nitrogen functional groups attached to an aromatic ring is 1. The SMILES string of the molecule is CCC(C)CN(CC)S(=O)(=O)c1ccc(NN)nc1. The first-order valence-corrected chi connectivity index (χ1v) is 7.82. The number of hydrogen-bond donors (Lipinski definition) is 2. The maximum Gasteiger partial charge on any atom is 0.244 e. The van der Waals surface area contributed by atoms with E-state index >= 15 is 0 Å². The van der Waals surface area contributed by atoms with Gasteiger partial charge in [0.25, 0.3) is 0 Å². The number of hydrazine groups is 1. The Kier molecular flexibility index (Phi) is 5.71. The van der Waals surface area contributed by atoms with Gasteiger partial charge in [-0.3, -0.25) is 0 Å². The van der Waals surface area contributed by atoms with Crippen LogP contribution in [0.15, 0.2) is 23.2 Å². The van der Waals surface area contributed by atoms with Gasteiger partial charge in [0, 0.05) is 19.3 Å². The predicted molar refractivity (Wildman–Crippen MR) is 75.9 cm³/mol. The van der Waals surface area contributed by atoms with E-state index in [1.54, 1.807) is 6.07 Å². The Morgan fingerprint density at radius 3 is 2.53 bits per heavy atom. The minimum Gasteiger partial charge on any atom is -0.308 e. The zero-order valence-electron chi connectivity index (χ0n) is 11.6. The summed E-state index contributed by atoms with van der Waals surface area (Å²) in [5.74, 6) is 5.97. The van der Waals surface area contributed by atoms with Gasteiger partial charge in [-0.15, -0.1) is 0 Å². The molecule has 0 aromatic carbocycles. The van der Waals surface area contributed by atoms with Gasteiger partial charge in [0.2, 0.25) is 10.0 Å². The molecule has 0 aliphatic carbocycles. The van der Waals surface area contributed by atoms with Crippen LogP contribution in [0.2, 0.25) is 0 Å². The van der Waals surface area contributed by atoms with E-state index < -0.39 is 10.0 Å². The van der Waals surface area contributed by atoms with E-state index in [0.29, 0.717) is 24.8 Å². The summed E-state index contributed by atoms with van der Waals surface area (Å²) in [5.41, 5.74) is 2.37. The lowest BCUT2D eigenvalue weighted by Crippen LogP contribution is -2.34. The summed E-state index contributed by atoms with van der Waals surface area (Å²) in [5, 5.41) is 0. The molecule has 0 amide bonds. The van der Waals surface area contributed by atoms with Gasteiger partial charge in [-0.2, -0.15) is 4.31 Å². The van der Waals surface area contributed by atoms with Gasteiger partial charge >= 0.3 is 0 Å². The Balaban J connectivity index is 2.99. The third kappa shape index (κ3) is 3.89. The number of nitrogens with two attached hydrogens (primary N) is 1. The number of anilines is 1. The lowest BCUT2D eigenvalue weighted by Gasteiger charge is -2.23. The van der Waals surface area contributed by atoms with Gasteiger partial charge in [-0.05, 0) is 18.1 Å². The molecule has 7 heteroatoms.